The zero-order valence-corrected chi connectivity index (χ0v) is 21.2. The van der Waals surface area contributed by atoms with Gasteiger partial charge in [0.2, 0.25) is 5.91 Å². The topological polar surface area (TPSA) is 104 Å². The maximum Gasteiger partial charge on any atom is 0.337 e. The van der Waals surface area contributed by atoms with E-state index < -0.39 is 5.97 Å². The van der Waals surface area contributed by atoms with Gasteiger partial charge in [0.25, 0.3) is 5.91 Å². The number of amides is 2. The van der Waals surface area contributed by atoms with E-state index in [2.05, 4.69) is 15.6 Å². The molecule has 0 atom stereocenters. The van der Waals surface area contributed by atoms with Gasteiger partial charge >= 0.3 is 5.97 Å². The fourth-order valence-electron chi connectivity index (χ4n) is 4.10. The molecule has 9 nitrogen and oxygen atoms in total. The molecule has 4 rings (SSSR count). The second kappa shape index (κ2) is 11.0. The van der Waals surface area contributed by atoms with Gasteiger partial charge in [-0.05, 0) is 62.6 Å². The fourth-order valence-corrected chi connectivity index (χ4v) is 4.10. The largest absolute Gasteiger partial charge is 0.465 e. The number of pyridine rings is 1. The van der Waals surface area contributed by atoms with Gasteiger partial charge in [-0.15, -0.1) is 0 Å². The van der Waals surface area contributed by atoms with Gasteiger partial charge in [0.05, 0.1) is 29.6 Å². The molecule has 1 aliphatic rings. The summed E-state index contributed by atoms with van der Waals surface area (Å²) in [6.07, 6.45) is 3.31. The van der Waals surface area contributed by atoms with E-state index in [1.54, 1.807) is 42.4 Å². The Bertz CT molecular complexity index is 1350. The lowest BCUT2D eigenvalue weighted by Gasteiger charge is -2.23. The van der Waals surface area contributed by atoms with Crippen LogP contribution < -0.4 is 15.5 Å². The van der Waals surface area contributed by atoms with Crippen LogP contribution in [0.3, 0.4) is 0 Å². The van der Waals surface area contributed by atoms with Gasteiger partial charge in [0.1, 0.15) is 0 Å². The first-order valence-corrected chi connectivity index (χ1v) is 11.8. The predicted octanol–water partition coefficient (Wildman–Crippen LogP) is 3.72. The molecule has 0 saturated carbocycles. The first-order chi connectivity index (χ1) is 17.8. The number of rotatable bonds is 8. The van der Waals surface area contributed by atoms with Crippen molar-refractivity contribution in [3.8, 4) is 0 Å². The molecule has 0 saturated heterocycles. The molecular formula is C28H29N5O4. The number of hydrogen-bond donors (Lipinski definition) is 2. The molecule has 0 unspecified atom stereocenters. The van der Waals surface area contributed by atoms with E-state index in [1.807, 2.05) is 55.4 Å². The molecule has 3 aromatic rings. The number of hydrogen-bond acceptors (Lipinski definition) is 7. The van der Waals surface area contributed by atoms with Gasteiger partial charge in [-0.25, -0.2) is 4.79 Å². The summed E-state index contributed by atoms with van der Waals surface area (Å²) in [5.74, 6) is -0.806. The highest BCUT2D eigenvalue weighted by atomic mass is 16.5. The van der Waals surface area contributed by atoms with Crippen LogP contribution in [0.15, 0.2) is 67.0 Å². The Morgan fingerprint density at radius 3 is 2.30 bits per heavy atom. The summed E-state index contributed by atoms with van der Waals surface area (Å²) in [6.45, 7) is 2.87. The van der Waals surface area contributed by atoms with Crippen molar-refractivity contribution < 1.29 is 19.1 Å². The maximum atomic E-state index is 13.1. The summed E-state index contributed by atoms with van der Waals surface area (Å²) in [5, 5.41) is 6.24. The van der Waals surface area contributed by atoms with Gasteiger partial charge in [0.15, 0.2) is 0 Å². The smallest absolute Gasteiger partial charge is 0.337 e. The minimum Gasteiger partial charge on any atom is -0.465 e. The lowest BCUT2D eigenvalue weighted by atomic mass is 9.99. The molecule has 190 valence electrons. The lowest BCUT2D eigenvalue weighted by molar-refractivity contribution is -0.116. The summed E-state index contributed by atoms with van der Waals surface area (Å²) < 4.78 is 4.80. The van der Waals surface area contributed by atoms with Crippen LogP contribution in [0.4, 0.5) is 17.1 Å². The molecule has 1 aromatic heterocycles. The third kappa shape index (κ3) is 5.68. The first-order valence-electron chi connectivity index (χ1n) is 11.8. The minimum atomic E-state index is -0.479. The van der Waals surface area contributed by atoms with Crippen LogP contribution in [0.25, 0.3) is 11.3 Å². The molecule has 0 bridgehead atoms. The number of esters is 1. The Morgan fingerprint density at radius 2 is 1.68 bits per heavy atom. The van der Waals surface area contributed by atoms with Gasteiger partial charge in [-0.3, -0.25) is 14.6 Å². The van der Waals surface area contributed by atoms with Crippen molar-refractivity contribution in [2.75, 3.05) is 49.8 Å². The highest BCUT2D eigenvalue weighted by Crippen LogP contribution is 2.38. The van der Waals surface area contributed by atoms with E-state index in [1.165, 1.54) is 7.11 Å². The van der Waals surface area contributed by atoms with E-state index >= 15 is 0 Å². The average molecular weight is 500 g/mol. The monoisotopic (exact) mass is 499 g/mol. The van der Waals surface area contributed by atoms with Crippen LogP contribution in [0.5, 0.6) is 0 Å². The number of nitrogens with zero attached hydrogens (tertiary/aromatic N) is 3. The lowest BCUT2D eigenvalue weighted by Crippen LogP contribution is -2.35. The van der Waals surface area contributed by atoms with Crippen LogP contribution in [-0.4, -0.2) is 62.0 Å². The molecule has 0 fully saturated rings. The van der Waals surface area contributed by atoms with Gasteiger partial charge in [-0.2, -0.15) is 0 Å². The van der Waals surface area contributed by atoms with Crippen LogP contribution in [0, 0.1) is 0 Å². The molecule has 0 radical (unpaired) electrons. The number of aromatic nitrogens is 1. The Labute approximate surface area is 215 Å². The van der Waals surface area contributed by atoms with Crippen molar-refractivity contribution in [1.29, 1.82) is 0 Å². The number of fused-ring (bicyclic) bond motifs is 1. The molecule has 0 spiro atoms. The predicted molar refractivity (Wildman–Crippen MR) is 144 cm³/mol. The third-order valence-corrected chi connectivity index (χ3v) is 6.00. The number of nitrogens with one attached hydrogen (secondary N) is 2. The Hall–Kier alpha value is -4.50. The molecule has 1 aliphatic heterocycles. The third-order valence-electron chi connectivity index (χ3n) is 6.00. The van der Waals surface area contributed by atoms with E-state index in [0.717, 1.165) is 23.5 Å². The molecule has 0 aliphatic carbocycles. The standard InChI is InChI=1S/C28H29N5O4/c1-18(34)33(16-15-32(2)3)22-8-6-21(7-9-22)30-26(19-11-13-29-14-12-19)25-23-10-5-20(28(36)37-4)17-24(23)31-27(25)35/h5-14,17,30H,15-16H2,1-4H3,(H,31,35)/b26-25-. The summed E-state index contributed by atoms with van der Waals surface area (Å²) >= 11 is 0. The summed E-state index contributed by atoms with van der Waals surface area (Å²) in [5.41, 5.74) is 4.88. The van der Waals surface area contributed by atoms with Crippen LogP contribution in [0.1, 0.15) is 28.4 Å². The second-order valence-corrected chi connectivity index (χ2v) is 8.84. The Kier molecular flexibility index (Phi) is 7.64. The number of anilines is 3. The Balaban J connectivity index is 1.72. The quantitative estimate of drug-likeness (QED) is 0.360. The maximum absolute atomic E-state index is 13.1. The zero-order valence-electron chi connectivity index (χ0n) is 21.2. The van der Waals surface area contributed by atoms with Crippen LogP contribution >= 0.6 is 0 Å². The van der Waals surface area contributed by atoms with E-state index in [4.69, 9.17) is 4.74 Å². The molecule has 2 heterocycles. The van der Waals surface area contributed by atoms with Crippen molar-refractivity contribution in [2.45, 2.75) is 6.92 Å². The average Bonchev–Trinajstić information content (AvgIpc) is 3.22. The Morgan fingerprint density at radius 1 is 0.973 bits per heavy atom. The molecule has 2 N–H and O–H groups in total. The molecular weight excluding hydrogens is 470 g/mol. The van der Waals surface area contributed by atoms with Crippen molar-refractivity contribution in [1.82, 2.24) is 9.88 Å². The zero-order chi connectivity index (χ0) is 26.5. The highest BCUT2D eigenvalue weighted by molar-refractivity contribution is 6.37. The number of benzene rings is 2. The van der Waals surface area contributed by atoms with Gasteiger partial charge < -0.3 is 25.2 Å². The summed E-state index contributed by atoms with van der Waals surface area (Å²) in [6, 6.07) is 16.1. The number of methoxy groups -OCH3 is 1. The number of carbonyl (C=O) groups excluding carboxylic acids is 3. The number of carbonyl (C=O) groups is 3. The summed E-state index contributed by atoms with van der Waals surface area (Å²) in [7, 11) is 5.24. The number of ether oxygens (including phenoxy) is 1. The second-order valence-electron chi connectivity index (χ2n) is 8.84. The first kappa shape index (κ1) is 25.6. The van der Waals surface area contributed by atoms with E-state index in [-0.39, 0.29) is 11.8 Å². The highest BCUT2D eigenvalue weighted by Gasteiger charge is 2.29. The van der Waals surface area contributed by atoms with Crippen molar-refractivity contribution >= 4 is 46.1 Å². The van der Waals surface area contributed by atoms with E-state index in [0.29, 0.717) is 34.6 Å². The van der Waals surface area contributed by atoms with Crippen molar-refractivity contribution in [2.24, 2.45) is 0 Å². The molecule has 37 heavy (non-hydrogen) atoms. The molecule has 2 aromatic carbocycles. The van der Waals surface area contributed by atoms with Crippen molar-refractivity contribution in [3.05, 3.63) is 83.7 Å². The SMILES string of the molecule is COC(=O)c1ccc2c(c1)NC(=O)/C2=C(\Nc1ccc(N(CCN(C)C)C(C)=O)cc1)c1ccncc1. The van der Waals surface area contributed by atoms with Crippen molar-refractivity contribution in [3.63, 3.8) is 0 Å². The fraction of sp³-hybridized carbons (Fsp3) is 0.214. The van der Waals surface area contributed by atoms with Crippen LogP contribution in [-0.2, 0) is 14.3 Å². The molecule has 2 amide bonds. The number of likely N-dealkylation sites (N-methyl/N-ethyl adjacent to an activating group) is 1. The normalized spacial score (nSPS) is 13.6. The molecule has 9 heteroatoms. The van der Waals surface area contributed by atoms with Gasteiger partial charge in [0, 0.05) is 54.9 Å². The minimum absolute atomic E-state index is 0.0345. The van der Waals surface area contributed by atoms with Gasteiger partial charge in [-0.1, -0.05) is 6.07 Å². The summed E-state index contributed by atoms with van der Waals surface area (Å²) in [4.78, 5) is 45.2. The van der Waals surface area contributed by atoms with E-state index in [9.17, 15) is 14.4 Å². The van der Waals surface area contributed by atoms with Crippen LogP contribution in [0.2, 0.25) is 0 Å².